The molecule has 0 atom stereocenters. The van der Waals surface area contributed by atoms with E-state index < -0.39 is 48.7 Å². The fraction of sp³-hybridized carbons (Fsp3) is 0.571. The number of hydrogen-bond donors (Lipinski definition) is 0. The molecule has 0 spiro atoms. The van der Waals surface area contributed by atoms with E-state index in [-0.39, 0.29) is 14.2 Å². The first-order valence-corrected chi connectivity index (χ1v) is 9.51. The molecule has 0 bridgehead atoms. The van der Waals surface area contributed by atoms with Gasteiger partial charge in [-0.3, -0.25) is 0 Å². The Kier molecular flexibility index (Phi) is 5.70. The third-order valence-corrected chi connectivity index (χ3v) is 8.07. The molecular formula is C14H11F12O4P. The van der Waals surface area contributed by atoms with Crippen molar-refractivity contribution < 1.29 is 70.8 Å². The van der Waals surface area contributed by atoms with Gasteiger partial charge in [-0.05, 0) is 0 Å². The van der Waals surface area contributed by atoms with E-state index >= 15 is 0 Å². The van der Waals surface area contributed by atoms with Gasteiger partial charge in [0, 0.05) is 0 Å². The van der Waals surface area contributed by atoms with Crippen molar-refractivity contribution in [2.45, 2.75) is 35.9 Å². The fourth-order valence-corrected chi connectivity index (χ4v) is 6.55. The summed E-state index contributed by atoms with van der Waals surface area (Å²) in [7, 11) is -6.73. The summed E-state index contributed by atoms with van der Waals surface area (Å²) in [6.07, 6.45) is -29.5. The van der Waals surface area contributed by atoms with Crippen LogP contribution in [0.4, 0.5) is 52.7 Å². The maximum absolute atomic E-state index is 13.8. The molecule has 4 nitrogen and oxygen atoms in total. The van der Waals surface area contributed by atoms with Crippen molar-refractivity contribution in [2.24, 2.45) is 0 Å². The monoisotopic (exact) mass is 502 g/mol. The molecule has 0 aliphatic carbocycles. The Hall–Kier alpha value is -1.35. The van der Waals surface area contributed by atoms with Crippen LogP contribution < -0.4 is 5.30 Å². The third-order valence-electron chi connectivity index (χ3n) is 4.49. The van der Waals surface area contributed by atoms with Gasteiger partial charge in [-0.15, -0.1) is 0 Å². The van der Waals surface area contributed by atoms with Gasteiger partial charge in [0.2, 0.25) is 0 Å². The standard InChI is InChI=1S/C14H11F12O4P/c1-27-31(28-2,8-6-4-3-5-7-8)29-9(11(15,16)17,12(18,19)20)10(30-31,13(21,22)23)14(24,25)26/h3-7H,1-2H3. The van der Waals surface area contributed by atoms with Gasteiger partial charge in [0.1, 0.15) is 0 Å². The molecule has 0 saturated carbocycles. The first-order valence-electron chi connectivity index (χ1n) is 7.61. The first kappa shape index (κ1) is 25.9. The van der Waals surface area contributed by atoms with Crippen molar-refractivity contribution >= 4 is 12.8 Å². The zero-order chi connectivity index (χ0) is 24.4. The number of alkyl halides is 12. The Morgan fingerprint density at radius 2 is 0.903 bits per heavy atom. The molecule has 1 aromatic carbocycles. The molecule has 0 aromatic heterocycles. The van der Waals surface area contributed by atoms with E-state index in [9.17, 15) is 52.7 Å². The predicted octanol–water partition coefficient (Wildman–Crippen LogP) is 5.59. The molecule has 2 rings (SSSR count). The summed E-state index contributed by atoms with van der Waals surface area (Å²) in [6.45, 7) is 0. The van der Waals surface area contributed by atoms with E-state index in [2.05, 4.69) is 18.1 Å². The predicted molar refractivity (Wildman–Crippen MR) is 78.9 cm³/mol. The van der Waals surface area contributed by atoms with Gasteiger partial charge in [-0.25, -0.2) is 0 Å². The second-order valence-electron chi connectivity index (χ2n) is 6.05. The molecule has 17 heteroatoms. The van der Waals surface area contributed by atoms with Crippen LogP contribution in [0.25, 0.3) is 0 Å². The number of halogens is 12. The van der Waals surface area contributed by atoms with Crippen LogP contribution in [-0.2, 0) is 18.1 Å². The zero-order valence-corrected chi connectivity index (χ0v) is 15.9. The third kappa shape index (κ3) is 3.05. The number of rotatable bonds is 3. The van der Waals surface area contributed by atoms with Crippen LogP contribution in [0.2, 0.25) is 0 Å². The van der Waals surface area contributed by atoms with Crippen molar-refractivity contribution in [3.05, 3.63) is 30.3 Å². The molecule has 180 valence electrons. The molecule has 0 unspecified atom stereocenters. The second kappa shape index (κ2) is 6.83. The van der Waals surface area contributed by atoms with Crippen LogP contribution in [0.1, 0.15) is 0 Å². The Morgan fingerprint density at radius 3 is 1.13 bits per heavy atom. The molecule has 0 amide bonds. The van der Waals surface area contributed by atoms with Crippen LogP contribution in [0.3, 0.4) is 0 Å². The summed E-state index contributed by atoms with van der Waals surface area (Å²) >= 11 is 0. The minimum atomic E-state index is -7.37. The SMILES string of the molecule is COP1(OC)(c2ccccc2)OC(C(F)(F)F)(C(F)(F)F)C(C(F)(F)F)(C(F)(F)F)O1. The van der Waals surface area contributed by atoms with Crippen LogP contribution in [0.5, 0.6) is 0 Å². The molecular weight excluding hydrogens is 491 g/mol. The van der Waals surface area contributed by atoms with Crippen LogP contribution >= 0.6 is 7.51 Å². The maximum atomic E-state index is 13.8. The van der Waals surface area contributed by atoms with Crippen molar-refractivity contribution in [3.63, 3.8) is 0 Å². The van der Waals surface area contributed by atoms with E-state index in [4.69, 9.17) is 0 Å². The van der Waals surface area contributed by atoms with E-state index in [1.54, 1.807) is 0 Å². The van der Waals surface area contributed by atoms with Crippen molar-refractivity contribution in [1.29, 1.82) is 0 Å². The Morgan fingerprint density at radius 1 is 0.613 bits per heavy atom. The van der Waals surface area contributed by atoms with Gasteiger partial charge in [-0.1, -0.05) is 0 Å². The van der Waals surface area contributed by atoms with Crippen molar-refractivity contribution in [3.8, 4) is 0 Å². The van der Waals surface area contributed by atoms with Gasteiger partial charge in [0.05, 0.1) is 0 Å². The Bertz CT molecular complexity index is 738. The van der Waals surface area contributed by atoms with Gasteiger partial charge in [-0.2, -0.15) is 0 Å². The van der Waals surface area contributed by atoms with Crippen LogP contribution in [0.15, 0.2) is 30.3 Å². The molecule has 0 N–H and O–H groups in total. The van der Waals surface area contributed by atoms with Gasteiger partial charge >= 0.3 is 164 Å². The number of hydrogen-bond acceptors (Lipinski definition) is 4. The molecule has 0 radical (unpaired) electrons. The van der Waals surface area contributed by atoms with Gasteiger partial charge in [0.15, 0.2) is 0 Å². The summed E-state index contributed by atoms with van der Waals surface area (Å²) in [4.78, 5) is 0. The van der Waals surface area contributed by atoms with E-state index in [1.165, 1.54) is 0 Å². The average Bonchev–Trinajstić information content (AvgIpc) is 2.95. The summed E-state index contributed by atoms with van der Waals surface area (Å²) in [6, 6.07) is 3.88. The van der Waals surface area contributed by atoms with Gasteiger partial charge in [0.25, 0.3) is 0 Å². The van der Waals surface area contributed by atoms with Crippen LogP contribution in [-0.4, -0.2) is 50.1 Å². The summed E-state index contributed by atoms with van der Waals surface area (Å²) in [5.41, 5.74) is -14.0. The Labute approximate surface area is 165 Å². The Balaban J connectivity index is 3.22. The molecule has 1 heterocycles. The topological polar surface area (TPSA) is 36.9 Å². The molecule has 31 heavy (non-hydrogen) atoms. The van der Waals surface area contributed by atoms with Crippen molar-refractivity contribution in [1.82, 2.24) is 0 Å². The zero-order valence-electron chi connectivity index (χ0n) is 15.0. The minimum absolute atomic E-state index is 0.189. The first-order chi connectivity index (χ1) is 13.7. The van der Waals surface area contributed by atoms with E-state index in [0.717, 1.165) is 18.2 Å². The fourth-order valence-electron chi connectivity index (χ4n) is 3.16. The van der Waals surface area contributed by atoms with E-state index in [1.807, 2.05) is 0 Å². The van der Waals surface area contributed by atoms with Gasteiger partial charge < -0.3 is 0 Å². The summed E-state index contributed by atoms with van der Waals surface area (Å²) in [5, 5.41) is -1.19. The molecule has 1 saturated heterocycles. The summed E-state index contributed by atoms with van der Waals surface area (Å²) in [5.74, 6) is 0. The molecule has 1 aliphatic heterocycles. The molecule has 1 aliphatic rings. The average molecular weight is 502 g/mol. The molecule has 1 fully saturated rings. The number of benzene rings is 1. The molecule has 1 aromatic rings. The van der Waals surface area contributed by atoms with Crippen molar-refractivity contribution in [2.75, 3.05) is 14.2 Å². The quantitative estimate of drug-likeness (QED) is 0.399. The van der Waals surface area contributed by atoms with Crippen LogP contribution in [0, 0.1) is 0 Å². The summed E-state index contributed by atoms with van der Waals surface area (Å²) < 4.78 is 181. The second-order valence-corrected chi connectivity index (χ2v) is 9.29. The van der Waals surface area contributed by atoms with E-state index in [0.29, 0.717) is 12.1 Å². The normalized spacial score (nSPS) is 24.4.